The van der Waals surface area contributed by atoms with Gasteiger partial charge < -0.3 is 14.5 Å². The lowest BCUT2D eigenvalue weighted by Gasteiger charge is -2.08. The zero-order valence-electron chi connectivity index (χ0n) is 14.8. The number of carbonyl (C=O) groups is 1. The van der Waals surface area contributed by atoms with Gasteiger partial charge in [0.1, 0.15) is 17.4 Å². The van der Waals surface area contributed by atoms with Crippen LogP contribution >= 0.6 is 0 Å². The molecule has 0 bridgehead atoms. The Hall–Kier alpha value is -3.52. The molecule has 5 nitrogen and oxygen atoms in total. The van der Waals surface area contributed by atoms with Gasteiger partial charge in [0.05, 0.1) is 7.11 Å². The van der Waals surface area contributed by atoms with Crippen molar-refractivity contribution in [3.63, 3.8) is 0 Å². The van der Waals surface area contributed by atoms with Crippen LogP contribution in [-0.4, -0.2) is 13.0 Å². The fourth-order valence-electron chi connectivity index (χ4n) is 2.72. The second kappa shape index (κ2) is 7.16. The van der Waals surface area contributed by atoms with Gasteiger partial charge in [-0.05, 0) is 37.6 Å². The SMILES string of the molecule is COc1cccc2cc(/C=C(\C#N)C(=O)Nc3ccc(C)cc3C)oc12. The molecule has 3 aromatic rings. The summed E-state index contributed by atoms with van der Waals surface area (Å²) in [5.41, 5.74) is 3.25. The molecule has 1 aromatic heterocycles. The number of amides is 1. The molecule has 0 aliphatic heterocycles. The fraction of sp³-hybridized carbons (Fsp3) is 0.143. The molecule has 1 amide bonds. The van der Waals surface area contributed by atoms with Crippen LogP contribution in [0, 0.1) is 25.2 Å². The number of furan rings is 1. The minimum absolute atomic E-state index is 0.0389. The molecule has 3 rings (SSSR count). The van der Waals surface area contributed by atoms with Crippen molar-refractivity contribution in [2.24, 2.45) is 0 Å². The number of nitrogens with one attached hydrogen (secondary N) is 1. The molecule has 0 unspecified atom stereocenters. The Bertz CT molecular complexity index is 1050. The van der Waals surface area contributed by atoms with E-state index in [-0.39, 0.29) is 5.57 Å². The Balaban J connectivity index is 1.90. The quantitative estimate of drug-likeness (QED) is 0.553. The summed E-state index contributed by atoms with van der Waals surface area (Å²) < 4.78 is 11.0. The van der Waals surface area contributed by atoms with E-state index in [1.165, 1.54) is 6.08 Å². The van der Waals surface area contributed by atoms with Gasteiger partial charge in [-0.25, -0.2) is 0 Å². The Labute approximate surface area is 151 Å². The highest BCUT2D eigenvalue weighted by Gasteiger charge is 2.13. The third-order valence-corrected chi connectivity index (χ3v) is 4.03. The van der Waals surface area contributed by atoms with E-state index in [1.54, 1.807) is 19.2 Å². The lowest BCUT2D eigenvalue weighted by Crippen LogP contribution is -2.14. The summed E-state index contributed by atoms with van der Waals surface area (Å²) in [5.74, 6) is 0.532. The number of fused-ring (bicyclic) bond motifs is 1. The van der Waals surface area contributed by atoms with Crippen molar-refractivity contribution in [2.45, 2.75) is 13.8 Å². The molecule has 0 saturated heterocycles. The van der Waals surface area contributed by atoms with Gasteiger partial charge >= 0.3 is 0 Å². The third kappa shape index (κ3) is 3.45. The highest BCUT2D eigenvalue weighted by molar-refractivity contribution is 6.10. The van der Waals surface area contributed by atoms with E-state index >= 15 is 0 Å². The molecule has 0 aliphatic carbocycles. The topological polar surface area (TPSA) is 75.3 Å². The molecule has 0 atom stereocenters. The van der Waals surface area contributed by atoms with Crippen molar-refractivity contribution in [1.82, 2.24) is 0 Å². The number of rotatable bonds is 4. The maximum Gasteiger partial charge on any atom is 0.266 e. The molecule has 0 fully saturated rings. The minimum Gasteiger partial charge on any atom is -0.493 e. The molecule has 0 saturated carbocycles. The second-order valence-corrected chi connectivity index (χ2v) is 5.97. The first kappa shape index (κ1) is 17.3. The van der Waals surface area contributed by atoms with Gasteiger partial charge in [-0.15, -0.1) is 0 Å². The summed E-state index contributed by atoms with van der Waals surface area (Å²) >= 11 is 0. The number of methoxy groups -OCH3 is 1. The first-order valence-electron chi connectivity index (χ1n) is 8.09. The van der Waals surface area contributed by atoms with Crippen molar-refractivity contribution in [1.29, 1.82) is 5.26 Å². The summed E-state index contributed by atoms with van der Waals surface area (Å²) in [4.78, 5) is 12.5. The Morgan fingerprint density at radius 3 is 2.73 bits per heavy atom. The summed E-state index contributed by atoms with van der Waals surface area (Å²) in [6.45, 7) is 3.89. The predicted octanol–water partition coefficient (Wildman–Crippen LogP) is 4.60. The summed E-state index contributed by atoms with van der Waals surface area (Å²) in [6.07, 6.45) is 1.43. The number of nitrogens with zero attached hydrogens (tertiary/aromatic N) is 1. The lowest BCUT2D eigenvalue weighted by atomic mass is 10.1. The first-order chi connectivity index (χ1) is 12.5. The average molecular weight is 346 g/mol. The Kier molecular flexibility index (Phi) is 4.76. The zero-order chi connectivity index (χ0) is 18.7. The van der Waals surface area contributed by atoms with Crippen LogP contribution < -0.4 is 10.1 Å². The molecule has 0 radical (unpaired) electrons. The van der Waals surface area contributed by atoms with Gasteiger partial charge in [-0.2, -0.15) is 5.26 Å². The minimum atomic E-state index is -0.480. The van der Waals surface area contributed by atoms with E-state index < -0.39 is 5.91 Å². The van der Waals surface area contributed by atoms with Gasteiger partial charge in [0.15, 0.2) is 11.3 Å². The normalized spacial score (nSPS) is 11.2. The van der Waals surface area contributed by atoms with Gasteiger partial charge in [-0.1, -0.05) is 29.8 Å². The van der Waals surface area contributed by atoms with Gasteiger partial charge in [0, 0.05) is 17.1 Å². The van der Waals surface area contributed by atoms with Crippen LogP contribution in [0.5, 0.6) is 5.75 Å². The average Bonchev–Trinajstić information content (AvgIpc) is 3.04. The molecule has 1 N–H and O–H groups in total. The van der Waals surface area contributed by atoms with Gasteiger partial charge in [0.2, 0.25) is 0 Å². The molecule has 26 heavy (non-hydrogen) atoms. The van der Waals surface area contributed by atoms with Crippen molar-refractivity contribution < 1.29 is 13.9 Å². The van der Waals surface area contributed by atoms with Crippen LogP contribution in [0.3, 0.4) is 0 Å². The highest BCUT2D eigenvalue weighted by Crippen LogP contribution is 2.29. The smallest absolute Gasteiger partial charge is 0.266 e. The fourth-order valence-corrected chi connectivity index (χ4v) is 2.72. The molecular formula is C21H18N2O3. The van der Waals surface area contributed by atoms with E-state index in [0.717, 1.165) is 16.5 Å². The molecule has 1 heterocycles. The summed E-state index contributed by atoms with van der Waals surface area (Å²) in [5, 5.41) is 13.0. The predicted molar refractivity (Wildman–Crippen MR) is 101 cm³/mol. The van der Waals surface area contributed by atoms with Crippen molar-refractivity contribution in [3.05, 3.63) is 64.9 Å². The number of hydrogen-bond donors (Lipinski definition) is 1. The van der Waals surface area contributed by atoms with Gasteiger partial charge in [-0.3, -0.25) is 4.79 Å². The standard InChI is InChI=1S/C21H18N2O3/c1-13-7-8-18(14(2)9-13)23-21(24)16(12-22)11-17-10-15-5-4-6-19(25-3)20(15)26-17/h4-11H,1-3H3,(H,23,24)/b16-11+. The maximum absolute atomic E-state index is 12.5. The number of hydrogen-bond acceptors (Lipinski definition) is 4. The molecule has 130 valence electrons. The molecular weight excluding hydrogens is 328 g/mol. The monoisotopic (exact) mass is 346 g/mol. The van der Waals surface area contributed by atoms with Crippen LogP contribution in [0.15, 0.2) is 52.5 Å². The van der Waals surface area contributed by atoms with E-state index in [0.29, 0.717) is 22.8 Å². The van der Waals surface area contributed by atoms with Crippen molar-refractivity contribution in [2.75, 3.05) is 12.4 Å². The number of para-hydroxylation sites is 1. The number of benzene rings is 2. The van der Waals surface area contributed by atoms with Crippen LogP contribution in [-0.2, 0) is 4.79 Å². The molecule has 0 aliphatic rings. The highest BCUT2D eigenvalue weighted by atomic mass is 16.5. The number of carbonyl (C=O) groups excluding carboxylic acids is 1. The van der Waals surface area contributed by atoms with E-state index in [4.69, 9.17) is 9.15 Å². The van der Waals surface area contributed by atoms with E-state index in [2.05, 4.69) is 5.32 Å². The number of nitriles is 1. The zero-order valence-corrected chi connectivity index (χ0v) is 14.8. The van der Waals surface area contributed by atoms with E-state index in [1.807, 2.05) is 50.2 Å². The maximum atomic E-state index is 12.5. The van der Waals surface area contributed by atoms with Crippen LogP contribution in [0.2, 0.25) is 0 Å². The number of ether oxygens (including phenoxy) is 1. The second-order valence-electron chi connectivity index (χ2n) is 5.97. The third-order valence-electron chi connectivity index (χ3n) is 4.03. The van der Waals surface area contributed by atoms with Crippen LogP contribution in [0.1, 0.15) is 16.9 Å². The van der Waals surface area contributed by atoms with Crippen LogP contribution in [0.25, 0.3) is 17.0 Å². The Morgan fingerprint density at radius 1 is 1.23 bits per heavy atom. The lowest BCUT2D eigenvalue weighted by molar-refractivity contribution is -0.112. The number of anilines is 1. The van der Waals surface area contributed by atoms with Crippen molar-refractivity contribution >= 4 is 28.6 Å². The first-order valence-corrected chi connectivity index (χ1v) is 8.09. The summed E-state index contributed by atoms with van der Waals surface area (Å²) in [6, 6.07) is 14.9. The Morgan fingerprint density at radius 2 is 2.04 bits per heavy atom. The van der Waals surface area contributed by atoms with E-state index in [9.17, 15) is 10.1 Å². The van der Waals surface area contributed by atoms with Crippen LogP contribution in [0.4, 0.5) is 5.69 Å². The molecule has 5 heteroatoms. The van der Waals surface area contributed by atoms with Gasteiger partial charge in [0.25, 0.3) is 5.91 Å². The molecule has 0 spiro atoms. The number of aryl methyl sites for hydroxylation is 2. The molecule has 2 aromatic carbocycles. The largest absolute Gasteiger partial charge is 0.493 e. The van der Waals surface area contributed by atoms with Crippen molar-refractivity contribution in [3.8, 4) is 11.8 Å². The summed E-state index contributed by atoms with van der Waals surface area (Å²) in [7, 11) is 1.56.